The Morgan fingerprint density at radius 1 is 0.867 bits per heavy atom. The highest BCUT2D eigenvalue weighted by atomic mass is 19.4. The van der Waals surface area contributed by atoms with E-state index in [-0.39, 0.29) is 23.4 Å². The summed E-state index contributed by atoms with van der Waals surface area (Å²) in [6, 6.07) is 0. The fourth-order valence-corrected chi connectivity index (χ4v) is 10.7. The SMILES string of the molecule is C[C@]12CCC(=O)CC1CC[C@@H]1[C@H]2C(CCCCCCCCCCC(CCCC(F)(F)C(F)(F)F)C(=O)O)C[C@]2(C)C(O)CC[C@@H]12. The van der Waals surface area contributed by atoms with E-state index in [1.54, 1.807) is 0 Å². The lowest BCUT2D eigenvalue weighted by Gasteiger charge is -2.62. The normalized spacial score (nSPS) is 35.9. The van der Waals surface area contributed by atoms with Crippen molar-refractivity contribution in [3.63, 3.8) is 0 Å². The third kappa shape index (κ3) is 8.25. The van der Waals surface area contributed by atoms with Crippen LogP contribution in [-0.4, -0.2) is 40.2 Å². The number of rotatable bonds is 16. The van der Waals surface area contributed by atoms with Crippen molar-refractivity contribution in [3.8, 4) is 0 Å². The molecule has 45 heavy (non-hydrogen) atoms. The molecule has 4 rings (SSSR count). The molecule has 0 bridgehead atoms. The number of hydrogen-bond donors (Lipinski definition) is 2. The van der Waals surface area contributed by atoms with Crippen LogP contribution in [0.2, 0.25) is 0 Å². The molecule has 4 aliphatic carbocycles. The van der Waals surface area contributed by atoms with E-state index in [1.165, 1.54) is 25.7 Å². The van der Waals surface area contributed by atoms with Gasteiger partial charge < -0.3 is 10.2 Å². The van der Waals surface area contributed by atoms with Crippen LogP contribution in [0.5, 0.6) is 0 Å². The molecule has 4 fully saturated rings. The Balaban J connectivity index is 1.16. The summed E-state index contributed by atoms with van der Waals surface area (Å²) in [6.45, 7) is 4.84. The second-order valence-electron chi connectivity index (χ2n) is 15.9. The number of halogens is 5. The van der Waals surface area contributed by atoms with Gasteiger partial charge in [-0.2, -0.15) is 22.0 Å². The molecule has 0 amide bonds. The van der Waals surface area contributed by atoms with Crippen LogP contribution < -0.4 is 0 Å². The largest absolute Gasteiger partial charge is 0.481 e. The van der Waals surface area contributed by atoms with Crippen LogP contribution in [0.25, 0.3) is 0 Å². The number of hydrogen-bond acceptors (Lipinski definition) is 3. The van der Waals surface area contributed by atoms with E-state index in [9.17, 15) is 41.8 Å². The number of carboxylic acid groups (broad SMARTS) is 1. The Bertz CT molecular complexity index is 1000. The predicted octanol–water partition coefficient (Wildman–Crippen LogP) is 10.2. The first-order valence-electron chi connectivity index (χ1n) is 18.0. The standard InChI is InChI=1S/C36H57F5O4/c1-33-21-19-27(42)22-26(33)15-16-28-29-17-18-30(43)34(29,2)23-25(31(28)33)13-10-8-6-4-3-5-7-9-12-24(32(44)45)14-11-20-35(37,38)36(39,40)41/h24-26,28-31,43H,3-23H2,1-2H3,(H,44,45)/t24?,25?,26?,28-,29-,30?,31+,33-,34-/m0/s1. The molecule has 2 N–H and O–H groups in total. The predicted molar refractivity (Wildman–Crippen MR) is 164 cm³/mol. The van der Waals surface area contributed by atoms with E-state index in [0.29, 0.717) is 48.2 Å². The first kappa shape index (κ1) is 36.6. The van der Waals surface area contributed by atoms with Crippen LogP contribution in [0.3, 0.4) is 0 Å². The summed E-state index contributed by atoms with van der Waals surface area (Å²) in [4.78, 5) is 23.8. The van der Waals surface area contributed by atoms with Gasteiger partial charge in [0.05, 0.1) is 12.0 Å². The summed E-state index contributed by atoms with van der Waals surface area (Å²) in [6.07, 6.45) is 9.82. The molecule has 4 saturated carbocycles. The molecule has 0 spiro atoms. The van der Waals surface area contributed by atoms with E-state index in [1.807, 2.05) is 0 Å². The van der Waals surface area contributed by atoms with Crippen molar-refractivity contribution < 1.29 is 41.8 Å². The number of carboxylic acids is 1. The highest BCUT2D eigenvalue weighted by molar-refractivity contribution is 5.79. The molecule has 0 aromatic heterocycles. The molecule has 0 saturated heterocycles. The molecular formula is C36H57F5O4. The van der Waals surface area contributed by atoms with E-state index in [4.69, 9.17) is 0 Å². The van der Waals surface area contributed by atoms with Gasteiger partial charge in [0.15, 0.2) is 0 Å². The zero-order valence-electron chi connectivity index (χ0n) is 27.5. The van der Waals surface area contributed by atoms with Crippen LogP contribution in [-0.2, 0) is 9.59 Å². The van der Waals surface area contributed by atoms with Gasteiger partial charge in [-0.3, -0.25) is 9.59 Å². The molecule has 0 heterocycles. The Hall–Kier alpha value is -1.25. The maximum Gasteiger partial charge on any atom is 0.453 e. The van der Waals surface area contributed by atoms with E-state index < -0.39 is 36.8 Å². The Labute approximate surface area is 266 Å². The monoisotopic (exact) mass is 648 g/mol. The molecule has 4 aliphatic rings. The Morgan fingerprint density at radius 2 is 1.49 bits per heavy atom. The summed E-state index contributed by atoms with van der Waals surface area (Å²) in [7, 11) is 0. The second-order valence-corrected chi connectivity index (χ2v) is 15.9. The minimum Gasteiger partial charge on any atom is -0.481 e. The lowest BCUT2D eigenvalue weighted by atomic mass is 9.42. The van der Waals surface area contributed by atoms with Crippen LogP contribution in [0.1, 0.15) is 149 Å². The highest BCUT2D eigenvalue weighted by Gasteiger charge is 2.62. The first-order valence-corrected chi connectivity index (χ1v) is 18.0. The van der Waals surface area contributed by atoms with Gasteiger partial charge in [0.1, 0.15) is 5.78 Å². The summed E-state index contributed by atoms with van der Waals surface area (Å²) in [5.41, 5.74) is 0.261. The minimum absolute atomic E-state index is 0.0211. The number of alkyl halides is 5. The number of ketones is 1. The zero-order chi connectivity index (χ0) is 33.0. The molecule has 4 unspecified atom stereocenters. The lowest BCUT2D eigenvalue weighted by molar-refractivity contribution is -0.284. The number of Topliss-reactive ketones (excluding diaryl/α,β-unsaturated/α-hetero) is 1. The molecule has 4 nitrogen and oxygen atoms in total. The van der Waals surface area contributed by atoms with Gasteiger partial charge in [-0.05, 0) is 98.2 Å². The summed E-state index contributed by atoms with van der Waals surface area (Å²) >= 11 is 0. The average molecular weight is 649 g/mol. The fraction of sp³-hybridized carbons (Fsp3) is 0.944. The maximum atomic E-state index is 13.1. The van der Waals surface area contributed by atoms with Gasteiger partial charge in [0.2, 0.25) is 0 Å². The quantitative estimate of drug-likeness (QED) is 0.129. The third-order valence-electron chi connectivity index (χ3n) is 13.2. The Kier molecular flexibility index (Phi) is 12.1. The van der Waals surface area contributed by atoms with Crippen molar-refractivity contribution >= 4 is 11.8 Å². The van der Waals surface area contributed by atoms with Gasteiger partial charge in [0, 0.05) is 19.3 Å². The van der Waals surface area contributed by atoms with Crippen LogP contribution in [0.15, 0.2) is 0 Å². The molecule has 9 heteroatoms. The van der Waals surface area contributed by atoms with Crippen molar-refractivity contribution in [1.82, 2.24) is 0 Å². The van der Waals surface area contributed by atoms with E-state index >= 15 is 0 Å². The van der Waals surface area contributed by atoms with Crippen molar-refractivity contribution in [3.05, 3.63) is 0 Å². The number of aliphatic carboxylic acids is 1. The van der Waals surface area contributed by atoms with Crippen LogP contribution in [0.4, 0.5) is 22.0 Å². The van der Waals surface area contributed by atoms with Crippen LogP contribution in [0, 0.1) is 46.3 Å². The Morgan fingerprint density at radius 3 is 2.13 bits per heavy atom. The topological polar surface area (TPSA) is 74.6 Å². The van der Waals surface area contributed by atoms with Gasteiger partial charge in [-0.1, -0.05) is 71.6 Å². The summed E-state index contributed by atoms with van der Waals surface area (Å²) < 4.78 is 63.3. The number of carbonyl (C=O) groups is 2. The summed E-state index contributed by atoms with van der Waals surface area (Å²) in [5.74, 6) is -3.29. The molecular weight excluding hydrogens is 591 g/mol. The zero-order valence-corrected chi connectivity index (χ0v) is 27.5. The number of carbonyl (C=O) groups excluding carboxylic acids is 1. The number of fused-ring (bicyclic) bond motifs is 5. The van der Waals surface area contributed by atoms with Gasteiger partial charge in [-0.15, -0.1) is 0 Å². The van der Waals surface area contributed by atoms with Gasteiger partial charge in [-0.25, -0.2) is 0 Å². The second kappa shape index (κ2) is 14.9. The molecule has 260 valence electrons. The minimum atomic E-state index is -5.60. The first-order chi connectivity index (χ1) is 21.1. The molecule has 0 aromatic carbocycles. The molecule has 0 aliphatic heterocycles. The molecule has 0 radical (unpaired) electrons. The van der Waals surface area contributed by atoms with Crippen molar-refractivity contribution in [2.24, 2.45) is 46.3 Å². The molecule has 0 aromatic rings. The highest BCUT2D eigenvalue weighted by Crippen LogP contribution is 2.68. The summed E-state index contributed by atoms with van der Waals surface area (Å²) in [5, 5.41) is 20.4. The average Bonchev–Trinajstić information content (AvgIpc) is 3.25. The smallest absolute Gasteiger partial charge is 0.453 e. The van der Waals surface area contributed by atoms with Crippen molar-refractivity contribution in [1.29, 1.82) is 0 Å². The van der Waals surface area contributed by atoms with Gasteiger partial charge in [0.25, 0.3) is 0 Å². The number of aliphatic hydroxyl groups is 1. The van der Waals surface area contributed by atoms with Crippen molar-refractivity contribution in [2.45, 2.75) is 167 Å². The van der Waals surface area contributed by atoms with E-state index in [2.05, 4.69) is 13.8 Å². The van der Waals surface area contributed by atoms with Crippen LogP contribution >= 0.6 is 0 Å². The maximum absolute atomic E-state index is 13.1. The number of aliphatic hydroxyl groups excluding tert-OH is 1. The van der Waals surface area contributed by atoms with Gasteiger partial charge >= 0.3 is 18.1 Å². The van der Waals surface area contributed by atoms with Crippen molar-refractivity contribution in [2.75, 3.05) is 0 Å². The third-order valence-corrected chi connectivity index (χ3v) is 13.2. The number of unbranched alkanes of at least 4 members (excludes halogenated alkanes) is 7. The van der Waals surface area contributed by atoms with E-state index in [0.717, 1.165) is 77.0 Å². The fourth-order valence-electron chi connectivity index (χ4n) is 10.7. The lowest BCUT2D eigenvalue weighted by Crippen LogP contribution is -2.57. The molecule has 9 atom stereocenters.